The molecule has 0 radical (unpaired) electrons. The van der Waals surface area contributed by atoms with Crippen LogP contribution in [0.15, 0.2) is 36.5 Å². The maximum atomic E-state index is 14.1. The number of ether oxygens (including phenoxy) is 1. The highest BCUT2D eigenvalue weighted by Gasteiger charge is 2.32. The first-order valence-electron chi connectivity index (χ1n) is 6.98. The van der Waals surface area contributed by atoms with Crippen molar-refractivity contribution in [1.29, 1.82) is 0 Å². The van der Waals surface area contributed by atoms with E-state index in [1.165, 1.54) is 18.3 Å². The topological polar surface area (TPSA) is 39.4 Å². The summed E-state index contributed by atoms with van der Waals surface area (Å²) in [5, 5.41) is 7.04. The van der Waals surface area contributed by atoms with E-state index in [2.05, 4.69) is 14.9 Å². The van der Waals surface area contributed by atoms with E-state index < -0.39 is 36.4 Å². The van der Waals surface area contributed by atoms with Gasteiger partial charge in [-0.2, -0.15) is 13.2 Å². The Kier molecular flexibility index (Phi) is 4.24. The monoisotopic (exact) mass is 379 g/mol. The smallest absolute Gasteiger partial charge is 0.406 e. The van der Waals surface area contributed by atoms with Crippen LogP contribution in [0.5, 0.6) is 5.75 Å². The van der Waals surface area contributed by atoms with E-state index in [1.807, 2.05) is 0 Å². The number of hydrogen-bond acceptors (Lipinski definition) is 3. The van der Waals surface area contributed by atoms with E-state index in [-0.39, 0.29) is 16.8 Å². The van der Waals surface area contributed by atoms with Crippen LogP contribution < -0.4 is 4.74 Å². The van der Waals surface area contributed by atoms with Gasteiger partial charge in [-0.1, -0.05) is 0 Å². The van der Waals surface area contributed by atoms with Gasteiger partial charge in [0.25, 0.3) is 0 Å². The highest BCUT2D eigenvalue weighted by atomic mass is 19.4. The third-order valence-electron chi connectivity index (χ3n) is 3.32. The lowest BCUT2D eigenvalue weighted by Crippen LogP contribution is -2.17. The zero-order valence-electron chi connectivity index (χ0n) is 12.6. The van der Waals surface area contributed by atoms with E-state index in [4.69, 9.17) is 0 Å². The standard InChI is InChI=1S/C15H8F7N3O/c16-11-5-9(26-15(20,21)22)2-3-10(11)8-1-4-12-23-24-13(25(12)7-8)6-14(17,18)19/h1-5,7H,6H2. The van der Waals surface area contributed by atoms with Crippen LogP contribution in [0, 0.1) is 5.82 Å². The molecule has 0 unspecified atom stereocenters. The highest BCUT2D eigenvalue weighted by Crippen LogP contribution is 2.30. The van der Waals surface area contributed by atoms with E-state index in [0.717, 1.165) is 16.5 Å². The third-order valence-corrected chi connectivity index (χ3v) is 3.32. The molecule has 0 bridgehead atoms. The van der Waals surface area contributed by atoms with Gasteiger partial charge in [0.05, 0.1) is 0 Å². The third kappa shape index (κ3) is 4.03. The van der Waals surface area contributed by atoms with Crippen molar-refractivity contribution in [2.24, 2.45) is 0 Å². The minimum absolute atomic E-state index is 0.116. The molecule has 0 fully saturated rings. The predicted molar refractivity (Wildman–Crippen MR) is 74.8 cm³/mol. The normalized spacial score (nSPS) is 12.6. The molecule has 0 aliphatic heterocycles. The first-order valence-corrected chi connectivity index (χ1v) is 6.98. The van der Waals surface area contributed by atoms with Gasteiger partial charge in [-0.25, -0.2) is 4.39 Å². The number of aromatic nitrogens is 3. The summed E-state index contributed by atoms with van der Waals surface area (Å²) < 4.78 is 93.0. The SMILES string of the molecule is Fc1cc(OC(F)(F)F)ccc1-c1ccc2nnc(CC(F)(F)F)n2c1. The molecule has 4 nitrogen and oxygen atoms in total. The summed E-state index contributed by atoms with van der Waals surface area (Å²) in [6.07, 6.45) is -9.64. The van der Waals surface area contributed by atoms with E-state index in [1.54, 1.807) is 0 Å². The Labute approximate surface area is 140 Å². The number of alkyl halides is 6. The van der Waals surface area contributed by atoms with Crippen molar-refractivity contribution in [2.75, 3.05) is 0 Å². The molecular formula is C15H8F7N3O. The number of pyridine rings is 1. The Hall–Kier alpha value is -2.85. The molecule has 0 spiro atoms. The van der Waals surface area contributed by atoms with Crippen molar-refractivity contribution in [3.8, 4) is 16.9 Å². The molecule has 0 saturated carbocycles. The Morgan fingerprint density at radius 3 is 2.31 bits per heavy atom. The zero-order valence-corrected chi connectivity index (χ0v) is 12.6. The minimum Gasteiger partial charge on any atom is -0.406 e. The molecular weight excluding hydrogens is 371 g/mol. The summed E-state index contributed by atoms with van der Waals surface area (Å²) >= 11 is 0. The molecule has 3 aromatic rings. The number of hydrogen-bond donors (Lipinski definition) is 0. The van der Waals surface area contributed by atoms with Crippen LogP contribution in [0.3, 0.4) is 0 Å². The number of halogens is 7. The minimum atomic E-state index is -4.97. The quantitative estimate of drug-likeness (QED) is 0.628. The van der Waals surface area contributed by atoms with E-state index in [9.17, 15) is 30.7 Å². The van der Waals surface area contributed by atoms with Gasteiger partial charge in [0.1, 0.15) is 23.8 Å². The molecule has 0 amide bonds. The predicted octanol–water partition coefficient (Wildman–Crippen LogP) is 4.54. The first kappa shape index (κ1) is 18.0. The average molecular weight is 379 g/mol. The fourth-order valence-corrected chi connectivity index (χ4v) is 2.32. The molecule has 0 aliphatic carbocycles. The van der Waals surface area contributed by atoms with Gasteiger partial charge in [-0.05, 0) is 24.3 Å². The lowest BCUT2D eigenvalue weighted by atomic mass is 10.1. The summed E-state index contributed by atoms with van der Waals surface area (Å²) in [7, 11) is 0. The summed E-state index contributed by atoms with van der Waals surface area (Å²) in [5.74, 6) is -2.18. The average Bonchev–Trinajstić information content (AvgIpc) is 2.86. The summed E-state index contributed by atoms with van der Waals surface area (Å²) in [6, 6.07) is 5.16. The zero-order chi connectivity index (χ0) is 19.1. The molecule has 0 atom stereocenters. The second kappa shape index (κ2) is 6.15. The molecule has 3 rings (SSSR count). The number of rotatable bonds is 3. The van der Waals surface area contributed by atoms with Crippen molar-refractivity contribution in [3.63, 3.8) is 0 Å². The van der Waals surface area contributed by atoms with Crippen LogP contribution in [0.25, 0.3) is 16.8 Å². The van der Waals surface area contributed by atoms with Crippen LogP contribution in [-0.2, 0) is 6.42 Å². The lowest BCUT2D eigenvalue weighted by Gasteiger charge is -2.11. The van der Waals surface area contributed by atoms with Gasteiger partial charge in [0.15, 0.2) is 5.65 Å². The molecule has 0 N–H and O–H groups in total. The van der Waals surface area contributed by atoms with Crippen molar-refractivity contribution in [1.82, 2.24) is 14.6 Å². The Morgan fingerprint density at radius 2 is 1.69 bits per heavy atom. The van der Waals surface area contributed by atoms with Crippen molar-refractivity contribution >= 4 is 5.65 Å². The number of fused-ring (bicyclic) bond motifs is 1. The van der Waals surface area contributed by atoms with Crippen molar-refractivity contribution in [3.05, 3.63) is 48.2 Å². The molecule has 2 aromatic heterocycles. The first-order chi connectivity index (χ1) is 12.0. The van der Waals surface area contributed by atoms with Gasteiger partial charge in [0, 0.05) is 23.4 Å². The van der Waals surface area contributed by atoms with Gasteiger partial charge >= 0.3 is 12.5 Å². The number of benzene rings is 1. The second-order valence-electron chi connectivity index (χ2n) is 5.24. The lowest BCUT2D eigenvalue weighted by molar-refractivity contribution is -0.274. The molecule has 1 aromatic carbocycles. The van der Waals surface area contributed by atoms with Gasteiger partial charge in [-0.15, -0.1) is 23.4 Å². The molecule has 0 saturated heterocycles. The highest BCUT2D eigenvalue weighted by molar-refractivity contribution is 5.66. The van der Waals surface area contributed by atoms with Crippen molar-refractivity contribution in [2.45, 2.75) is 19.0 Å². The maximum absolute atomic E-state index is 14.1. The molecule has 11 heteroatoms. The van der Waals surface area contributed by atoms with E-state index >= 15 is 0 Å². The second-order valence-corrected chi connectivity index (χ2v) is 5.24. The molecule has 26 heavy (non-hydrogen) atoms. The van der Waals surface area contributed by atoms with Gasteiger partial charge in [-0.3, -0.25) is 4.40 Å². The van der Waals surface area contributed by atoms with Gasteiger partial charge < -0.3 is 4.74 Å². The molecule has 138 valence electrons. The molecule has 0 aliphatic rings. The summed E-state index contributed by atoms with van der Waals surface area (Å²) in [5.41, 5.74) is 0.135. The Bertz CT molecular complexity index is 947. The Balaban J connectivity index is 1.99. The van der Waals surface area contributed by atoms with Gasteiger partial charge in [0.2, 0.25) is 0 Å². The fraction of sp³-hybridized carbons (Fsp3) is 0.200. The van der Waals surface area contributed by atoms with Crippen LogP contribution >= 0.6 is 0 Å². The van der Waals surface area contributed by atoms with E-state index in [0.29, 0.717) is 6.07 Å². The van der Waals surface area contributed by atoms with Crippen LogP contribution in [0.4, 0.5) is 30.7 Å². The number of nitrogens with zero attached hydrogens (tertiary/aromatic N) is 3. The van der Waals surface area contributed by atoms with Crippen molar-refractivity contribution < 1.29 is 35.5 Å². The summed E-state index contributed by atoms with van der Waals surface area (Å²) in [4.78, 5) is 0. The maximum Gasteiger partial charge on any atom is 0.573 e. The Morgan fingerprint density at radius 1 is 0.962 bits per heavy atom. The van der Waals surface area contributed by atoms with Crippen LogP contribution in [0.2, 0.25) is 0 Å². The largest absolute Gasteiger partial charge is 0.573 e. The molecule has 2 heterocycles. The summed E-state index contributed by atoms with van der Waals surface area (Å²) in [6.45, 7) is 0. The van der Waals surface area contributed by atoms with Crippen LogP contribution in [-0.4, -0.2) is 27.1 Å². The fourth-order valence-electron chi connectivity index (χ4n) is 2.32. The van der Waals surface area contributed by atoms with Crippen LogP contribution in [0.1, 0.15) is 5.82 Å².